The third-order valence-corrected chi connectivity index (χ3v) is 12.7. The van der Waals surface area contributed by atoms with E-state index in [4.69, 9.17) is 23.2 Å². The summed E-state index contributed by atoms with van der Waals surface area (Å²) in [5.74, 6) is -0.133. The van der Waals surface area contributed by atoms with E-state index in [1.54, 1.807) is 0 Å². The van der Waals surface area contributed by atoms with E-state index >= 15 is 0 Å². The third-order valence-electron chi connectivity index (χ3n) is 11.1. The van der Waals surface area contributed by atoms with E-state index in [9.17, 15) is 4.79 Å². The van der Waals surface area contributed by atoms with Crippen molar-refractivity contribution in [1.82, 2.24) is 20.4 Å². The van der Waals surface area contributed by atoms with Gasteiger partial charge >= 0.3 is 0 Å². The van der Waals surface area contributed by atoms with Crippen molar-refractivity contribution in [2.75, 3.05) is 23.4 Å². The molecule has 0 atom stereocenters. The summed E-state index contributed by atoms with van der Waals surface area (Å²) in [5, 5.41) is 2.27. The summed E-state index contributed by atoms with van der Waals surface area (Å²) in [6.45, 7) is 16.0. The molecule has 59 heavy (non-hydrogen) atoms. The summed E-state index contributed by atoms with van der Waals surface area (Å²) in [5.41, 5.74) is 15.8. The van der Waals surface area contributed by atoms with Crippen LogP contribution >= 0.6 is 35.0 Å². The first-order chi connectivity index (χ1) is 28.4. The monoisotopic (exact) mass is 850 g/mol. The Hall–Kier alpha value is -4.41. The lowest BCUT2D eigenvalue weighted by atomic mass is 9.80. The number of nitrogens with zero attached hydrogens (tertiary/aromatic N) is 4. The van der Waals surface area contributed by atoms with E-state index in [0.717, 1.165) is 57.2 Å². The Labute approximate surface area is 365 Å². The number of rotatable bonds is 17. The second kappa shape index (κ2) is 20.2. The normalized spacial score (nSPS) is 16.6. The SMILES string of the molecule is CCC[NH2+]c1ccccc1C(C)(C)C/C=C/C1=C(Sc2ccc(CCC(=O)NNc3nc(Cl)nc(Cl)n3)cc2)C(=C/C=C2/N(CCC)c3ccccc3C2(C)C)/CCC1. The fourth-order valence-corrected chi connectivity index (χ4v) is 9.48. The highest BCUT2D eigenvalue weighted by atomic mass is 35.5. The summed E-state index contributed by atoms with van der Waals surface area (Å²) in [6.07, 6.45) is 16.8. The molecule has 0 radical (unpaired) electrons. The number of hydrogen-bond donors (Lipinski definition) is 3. The second-order valence-corrected chi connectivity index (χ2v) is 18.2. The van der Waals surface area contributed by atoms with E-state index < -0.39 is 0 Å². The molecule has 2 aliphatic rings. The number of fused-ring (bicyclic) bond motifs is 1. The molecule has 1 amide bonds. The van der Waals surface area contributed by atoms with Gasteiger partial charge < -0.3 is 10.2 Å². The minimum Gasteiger partial charge on any atom is -0.344 e. The van der Waals surface area contributed by atoms with Gasteiger partial charge in [0, 0.05) is 45.1 Å². The predicted molar refractivity (Wildman–Crippen MR) is 246 cm³/mol. The van der Waals surface area contributed by atoms with Gasteiger partial charge in [0.15, 0.2) is 0 Å². The molecule has 0 saturated heterocycles. The first-order valence-electron chi connectivity index (χ1n) is 20.9. The van der Waals surface area contributed by atoms with E-state index in [1.165, 1.54) is 49.1 Å². The number of nitrogens with one attached hydrogen (secondary N) is 2. The number of thioether (sulfide) groups is 1. The number of carbonyl (C=O) groups excluding carboxylic acids is 1. The van der Waals surface area contributed by atoms with E-state index in [-0.39, 0.29) is 39.7 Å². The van der Waals surface area contributed by atoms with Gasteiger partial charge in [-0.2, -0.15) is 15.0 Å². The Kier molecular flexibility index (Phi) is 15.1. The molecule has 6 rings (SSSR count). The first-order valence-corrected chi connectivity index (χ1v) is 22.5. The average molecular weight is 852 g/mol. The summed E-state index contributed by atoms with van der Waals surface area (Å²) >= 11 is 13.5. The van der Waals surface area contributed by atoms with Crippen molar-refractivity contribution < 1.29 is 10.1 Å². The van der Waals surface area contributed by atoms with Gasteiger partial charge in [-0.3, -0.25) is 15.6 Å². The Morgan fingerprint density at radius 2 is 1.66 bits per heavy atom. The summed E-state index contributed by atoms with van der Waals surface area (Å²) in [4.78, 5) is 29.2. The largest absolute Gasteiger partial charge is 0.344 e. The highest BCUT2D eigenvalue weighted by Gasteiger charge is 2.39. The summed E-state index contributed by atoms with van der Waals surface area (Å²) < 4.78 is 0. The fourth-order valence-electron chi connectivity index (χ4n) is 8.00. The molecule has 1 aliphatic heterocycles. The van der Waals surface area contributed by atoms with Gasteiger partial charge in [-0.05, 0) is 126 Å². The van der Waals surface area contributed by atoms with Crippen molar-refractivity contribution in [2.45, 2.75) is 109 Å². The molecule has 4 aromatic rings. The lowest BCUT2D eigenvalue weighted by Crippen LogP contribution is -2.78. The molecular formula is C48H58Cl2N7OS+. The minimum atomic E-state index is -0.208. The van der Waals surface area contributed by atoms with Crippen molar-refractivity contribution in [2.24, 2.45) is 0 Å². The van der Waals surface area contributed by atoms with Gasteiger partial charge in [0.05, 0.1) is 6.54 Å². The number of anilines is 2. The maximum absolute atomic E-state index is 12.6. The number of para-hydroxylation sites is 2. The molecule has 11 heteroatoms. The minimum absolute atomic E-state index is 0.00814. The molecule has 0 bridgehead atoms. The van der Waals surface area contributed by atoms with Crippen LogP contribution in [0.3, 0.4) is 0 Å². The maximum Gasteiger partial charge on any atom is 0.247 e. The molecule has 0 unspecified atom stereocenters. The Morgan fingerprint density at radius 1 is 0.932 bits per heavy atom. The van der Waals surface area contributed by atoms with Crippen molar-refractivity contribution in [3.63, 3.8) is 0 Å². The van der Waals surface area contributed by atoms with E-state index in [2.05, 4.69) is 175 Å². The lowest BCUT2D eigenvalue weighted by molar-refractivity contribution is -0.572. The topological polar surface area (TPSA) is 99.6 Å². The summed E-state index contributed by atoms with van der Waals surface area (Å²) in [7, 11) is 0. The zero-order chi connectivity index (χ0) is 42.0. The van der Waals surface area contributed by atoms with Crippen molar-refractivity contribution in [3.05, 3.63) is 146 Å². The van der Waals surface area contributed by atoms with Crippen LogP contribution in [0.25, 0.3) is 0 Å². The number of aromatic nitrogens is 3. The van der Waals surface area contributed by atoms with Gasteiger partial charge in [-0.1, -0.05) is 120 Å². The molecule has 3 aromatic carbocycles. The number of aryl methyl sites for hydroxylation is 1. The maximum atomic E-state index is 12.6. The van der Waals surface area contributed by atoms with E-state index in [0.29, 0.717) is 6.42 Å². The van der Waals surface area contributed by atoms with Crippen molar-refractivity contribution in [3.8, 4) is 0 Å². The molecule has 1 aromatic heterocycles. The Balaban J connectivity index is 1.24. The Morgan fingerprint density at radius 3 is 2.41 bits per heavy atom. The second-order valence-electron chi connectivity index (χ2n) is 16.4. The number of allylic oxidation sites excluding steroid dienone is 7. The predicted octanol–water partition coefficient (Wildman–Crippen LogP) is 11.3. The van der Waals surface area contributed by atoms with Gasteiger partial charge in [0.25, 0.3) is 0 Å². The van der Waals surface area contributed by atoms with Gasteiger partial charge in [-0.15, -0.1) is 0 Å². The zero-order valence-corrected chi connectivity index (χ0v) is 37.6. The standard InChI is InChI=1S/C48H57Cl2N7OS/c1-7-31-51-39-20-11-9-18-37(39)47(3,4)30-14-17-34-15-13-16-35(25-28-41-48(5,6)38-19-10-12-21-40(38)57(41)32-8-2)43(34)59-36-26-22-33(23-27-36)24-29-42(58)55-56-46-53-44(49)52-45(50)54-46/h9-12,14,17-23,25-28,51H,7-8,13,15-16,24,29-32H2,1-6H3,(H,55,58)(H,52,53,54,56)/p+1/b17-14+,35-25+,41-28+. The molecule has 0 fully saturated rings. The third kappa shape index (κ3) is 11.3. The van der Waals surface area contributed by atoms with E-state index in [1.807, 2.05) is 11.8 Å². The van der Waals surface area contributed by atoms with Crippen molar-refractivity contribution >= 4 is 58.2 Å². The molecule has 310 valence electrons. The van der Waals surface area contributed by atoms with Crippen LogP contribution in [0.4, 0.5) is 17.3 Å². The number of hydrazine groups is 1. The van der Waals surface area contributed by atoms with Crippen LogP contribution in [0.1, 0.15) is 103 Å². The number of benzene rings is 3. The smallest absolute Gasteiger partial charge is 0.247 e. The van der Waals surface area contributed by atoms with Gasteiger partial charge in [0.2, 0.25) is 22.4 Å². The molecule has 8 nitrogen and oxygen atoms in total. The number of halogens is 2. The Bertz CT molecular complexity index is 2210. The van der Waals surface area contributed by atoms with Crippen LogP contribution in [0.15, 0.2) is 124 Å². The lowest BCUT2D eigenvalue weighted by Gasteiger charge is -2.27. The zero-order valence-electron chi connectivity index (χ0n) is 35.2. The highest BCUT2D eigenvalue weighted by Crippen LogP contribution is 2.48. The molecule has 4 N–H and O–H groups in total. The average Bonchev–Trinajstić information content (AvgIpc) is 3.43. The molecule has 0 spiro atoms. The number of quaternary nitrogens is 1. The van der Waals surface area contributed by atoms with Gasteiger partial charge in [-0.25, -0.2) is 0 Å². The number of amides is 1. The number of hydrogen-bond acceptors (Lipinski definition) is 7. The van der Waals surface area contributed by atoms with Crippen LogP contribution in [0, 0.1) is 0 Å². The van der Waals surface area contributed by atoms with Gasteiger partial charge in [0.1, 0.15) is 5.69 Å². The quantitative estimate of drug-likeness (QED) is 0.0719. The summed E-state index contributed by atoms with van der Waals surface area (Å²) in [6, 6.07) is 26.4. The highest BCUT2D eigenvalue weighted by molar-refractivity contribution is 8.03. The van der Waals surface area contributed by atoms with Crippen molar-refractivity contribution in [1.29, 1.82) is 0 Å². The molecule has 2 heterocycles. The van der Waals surface area contributed by atoms with Crippen LogP contribution in [0.5, 0.6) is 0 Å². The molecule has 1 aliphatic carbocycles. The van der Waals surface area contributed by atoms with Crippen LogP contribution in [-0.2, 0) is 22.0 Å². The van der Waals surface area contributed by atoms with Crippen LogP contribution in [-0.4, -0.2) is 33.9 Å². The fraction of sp³-hybridized carbons (Fsp3) is 0.375. The van der Waals surface area contributed by atoms with Crippen LogP contribution < -0.4 is 21.1 Å². The number of nitrogens with two attached hydrogens (primary N) is 1. The first kappa shape index (κ1) is 44.2. The molecular weight excluding hydrogens is 794 g/mol. The number of carbonyl (C=O) groups is 1. The van der Waals surface area contributed by atoms with Crippen LogP contribution in [0.2, 0.25) is 10.6 Å². The molecule has 0 saturated carbocycles.